The Morgan fingerprint density at radius 2 is 2.17 bits per heavy atom. The van der Waals surface area contributed by atoms with E-state index in [9.17, 15) is 10.1 Å². The normalized spacial score (nSPS) is 10.6. The van der Waals surface area contributed by atoms with Crippen LogP contribution >= 0.6 is 0 Å². The van der Waals surface area contributed by atoms with Crippen LogP contribution in [0.4, 0.5) is 11.4 Å². The largest absolute Gasteiger partial charge is 0.475 e. The van der Waals surface area contributed by atoms with Crippen LogP contribution in [0.2, 0.25) is 0 Å². The highest BCUT2D eigenvalue weighted by Gasteiger charge is 2.18. The lowest BCUT2D eigenvalue weighted by Gasteiger charge is -2.20. The minimum absolute atomic E-state index is 0.0312. The van der Waals surface area contributed by atoms with Crippen LogP contribution in [0.1, 0.15) is 20.8 Å². The topological polar surface area (TPSA) is 64.4 Å². The Labute approximate surface area is 106 Å². The molecule has 0 saturated carbocycles. The number of non-ortho nitro benzene ring substituents is 1. The molecule has 5 heteroatoms. The van der Waals surface area contributed by atoms with Crippen LogP contribution in [-0.2, 0) is 0 Å². The number of terminal acetylenes is 1. The Kier molecular flexibility index (Phi) is 4.16. The highest BCUT2D eigenvalue weighted by Crippen LogP contribution is 2.28. The van der Waals surface area contributed by atoms with Crippen LogP contribution in [0.25, 0.3) is 0 Å². The highest BCUT2D eigenvalue weighted by molar-refractivity contribution is 5.56. The predicted octanol–water partition coefficient (Wildman–Crippen LogP) is 2.82. The Hall–Kier alpha value is -2.22. The number of ether oxygens (including phenoxy) is 1. The summed E-state index contributed by atoms with van der Waals surface area (Å²) in [6.45, 7) is 6.02. The first-order chi connectivity index (χ1) is 8.38. The first kappa shape index (κ1) is 13.8. The molecule has 1 N–H and O–H groups in total. The SMILES string of the molecule is C#CC(C)(C)Oc1cc(NCC)cc([N+](=O)[O-])c1. The van der Waals surface area contributed by atoms with E-state index in [0.717, 1.165) is 0 Å². The molecule has 1 rings (SSSR count). The molecule has 0 radical (unpaired) electrons. The van der Waals surface area contributed by atoms with Crippen molar-refractivity contribution in [1.82, 2.24) is 0 Å². The van der Waals surface area contributed by atoms with Crippen molar-refractivity contribution in [2.45, 2.75) is 26.4 Å². The molecule has 0 heterocycles. The van der Waals surface area contributed by atoms with E-state index in [-0.39, 0.29) is 5.69 Å². The third kappa shape index (κ3) is 3.67. The molecule has 18 heavy (non-hydrogen) atoms. The third-order valence-corrected chi connectivity index (χ3v) is 2.20. The number of nitrogens with zero attached hydrogens (tertiary/aromatic N) is 1. The summed E-state index contributed by atoms with van der Waals surface area (Å²) in [5, 5.41) is 13.8. The van der Waals surface area contributed by atoms with Crippen LogP contribution in [0.3, 0.4) is 0 Å². The van der Waals surface area contributed by atoms with Gasteiger partial charge >= 0.3 is 0 Å². The fourth-order valence-electron chi connectivity index (χ4n) is 1.38. The minimum atomic E-state index is -0.807. The third-order valence-electron chi connectivity index (χ3n) is 2.20. The molecule has 0 aliphatic rings. The van der Waals surface area contributed by atoms with Crippen molar-refractivity contribution in [3.8, 4) is 18.1 Å². The molecule has 0 fully saturated rings. The number of benzene rings is 1. The molecule has 0 unspecified atom stereocenters. The average Bonchev–Trinajstić information content (AvgIpc) is 2.28. The average molecular weight is 248 g/mol. The lowest BCUT2D eigenvalue weighted by molar-refractivity contribution is -0.384. The van der Waals surface area contributed by atoms with E-state index in [2.05, 4.69) is 11.2 Å². The van der Waals surface area contributed by atoms with E-state index >= 15 is 0 Å². The summed E-state index contributed by atoms with van der Waals surface area (Å²) in [4.78, 5) is 10.4. The molecular formula is C13H16N2O3. The van der Waals surface area contributed by atoms with Gasteiger partial charge in [0.1, 0.15) is 5.75 Å². The van der Waals surface area contributed by atoms with Gasteiger partial charge in [0.25, 0.3) is 5.69 Å². The fraction of sp³-hybridized carbons (Fsp3) is 0.385. The summed E-state index contributed by atoms with van der Waals surface area (Å²) in [7, 11) is 0. The molecule has 0 bridgehead atoms. The van der Waals surface area contributed by atoms with E-state index < -0.39 is 10.5 Å². The van der Waals surface area contributed by atoms with Crippen molar-refractivity contribution < 1.29 is 9.66 Å². The van der Waals surface area contributed by atoms with E-state index in [1.54, 1.807) is 19.9 Å². The lowest BCUT2D eigenvalue weighted by Crippen LogP contribution is -2.25. The number of hydrogen-bond acceptors (Lipinski definition) is 4. The van der Waals surface area contributed by atoms with Gasteiger partial charge in [0.2, 0.25) is 0 Å². The summed E-state index contributed by atoms with van der Waals surface area (Å²) in [5.41, 5.74) is -0.204. The molecule has 0 spiro atoms. The molecule has 0 amide bonds. The van der Waals surface area contributed by atoms with E-state index in [4.69, 9.17) is 11.2 Å². The summed E-state index contributed by atoms with van der Waals surface area (Å²) in [6.07, 6.45) is 5.32. The van der Waals surface area contributed by atoms with Gasteiger partial charge < -0.3 is 10.1 Å². The van der Waals surface area contributed by atoms with Gasteiger partial charge in [-0.1, -0.05) is 5.92 Å². The summed E-state index contributed by atoms with van der Waals surface area (Å²) < 4.78 is 5.55. The van der Waals surface area contributed by atoms with Gasteiger partial charge in [-0.2, -0.15) is 0 Å². The minimum Gasteiger partial charge on any atom is -0.475 e. The molecule has 0 aliphatic heterocycles. The van der Waals surface area contributed by atoms with Crippen LogP contribution in [0, 0.1) is 22.5 Å². The zero-order valence-electron chi connectivity index (χ0n) is 10.7. The maximum atomic E-state index is 10.8. The van der Waals surface area contributed by atoms with Crippen molar-refractivity contribution in [2.75, 3.05) is 11.9 Å². The number of hydrogen-bond donors (Lipinski definition) is 1. The molecular weight excluding hydrogens is 232 g/mol. The highest BCUT2D eigenvalue weighted by atomic mass is 16.6. The quantitative estimate of drug-likeness (QED) is 0.494. The molecule has 0 saturated heterocycles. The van der Waals surface area contributed by atoms with E-state index in [0.29, 0.717) is 18.0 Å². The van der Waals surface area contributed by atoms with Crippen LogP contribution < -0.4 is 10.1 Å². The van der Waals surface area contributed by atoms with Gasteiger partial charge in [0, 0.05) is 24.4 Å². The predicted molar refractivity (Wildman–Crippen MR) is 70.8 cm³/mol. The number of nitro groups is 1. The zero-order chi connectivity index (χ0) is 13.8. The van der Waals surface area contributed by atoms with Gasteiger partial charge in [-0.15, -0.1) is 6.42 Å². The Morgan fingerprint density at radius 3 is 2.67 bits per heavy atom. The van der Waals surface area contributed by atoms with Crippen molar-refractivity contribution >= 4 is 11.4 Å². The molecule has 0 aliphatic carbocycles. The second-order valence-corrected chi connectivity index (χ2v) is 4.26. The molecule has 96 valence electrons. The van der Waals surface area contributed by atoms with Gasteiger partial charge in [0.05, 0.1) is 11.0 Å². The second-order valence-electron chi connectivity index (χ2n) is 4.26. The maximum absolute atomic E-state index is 10.8. The molecule has 0 aromatic heterocycles. The van der Waals surface area contributed by atoms with Crippen LogP contribution in [0.15, 0.2) is 18.2 Å². The van der Waals surface area contributed by atoms with Crippen molar-refractivity contribution in [3.63, 3.8) is 0 Å². The molecule has 5 nitrogen and oxygen atoms in total. The first-order valence-electron chi connectivity index (χ1n) is 5.58. The lowest BCUT2D eigenvalue weighted by atomic mass is 10.1. The molecule has 0 atom stereocenters. The van der Waals surface area contributed by atoms with Gasteiger partial charge in [0.15, 0.2) is 5.60 Å². The smallest absolute Gasteiger partial charge is 0.275 e. The summed E-state index contributed by atoms with van der Waals surface area (Å²) in [5.74, 6) is 2.86. The van der Waals surface area contributed by atoms with Crippen molar-refractivity contribution in [3.05, 3.63) is 28.3 Å². The van der Waals surface area contributed by atoms with Crippen molar-refractivity contribution in [2.24, 2.45) is 0 Å². The summed E-state index contributed by atoms with van der Waals surface area (Å²) in [6, 6.07) is 4.51. The maximum Gasteiger partial charge on any atom is 0.275 e. The Morgan fingerprint density at radius 1 is 1.50 bits per heavy atom. The second kappa shape index (κ2) is 5.41. The van der Waals surface area contributed by atoms with Crippen molar-refractivity contribution in [1.29, 1.82) is 0 Å². The summed E-state index contributed by atoms with van der Waals surface area (Å²) >= 11 is 0. The zero-order valence-corrected chi connectivity index (χ0v) is 10.7. The number of nitrogens with one attached hydrogen (secondary N) is 1. The van der Waals surface area contributed by atoms with Gasteiger partial charge in [-0.05, 0) is 20.8 Å². The van der Waals surface area contributed by atoms with Crippen LogP contribution in [0.5, 0.6) is 5.75 Å². The van der Waals surface area contributed by atoms with Gasteiger partial charge in [-0.25, -0.2) is 0 Å². The number of rotatable bonds is 5. The fourth-order valence-corrected chi connectivity index (χ4v) is 1.38. The Balaban J connectivity index is 3.11. The number of nitro benzene ring substituents is 1. The van der Waals surface area contributed by atoms with E-state index in [1.807, 2.05) is 6.92 Å². The first-order valence-corrected chi connectivity index (χ1v) is 5.58. The Bertz CT molecular complexity index is 489. The molecule has 1 aromatic carbocycles. The molecule has 1 aromatic rings. The van der Waals surface area contributed by atoms with Crippen LogP contribution in [-0.4, -0.2) is 17.1 Å². The van der Waals surface area contributed by atoms with Gasteiger partial charge in [-0.3, -0.25) is 10.1 Å². The number of anilines is 1. The monoisotopic (exact) mass is 248 g/mol. The van der Waals surface area contributed by atoms with E-state index in [1.165, 1.54) is 12.1 Å². The standard InChI is InChI=1S/C13H16N2O3/c1-5-13(3,4)18-12-8-10(14-6-2)7-11(9-12)15(16)17/h1,7-9,14H,6H2,2-4H3.